The number of anilines is 1. The average Bonchev–Trinajstić information content (AvgIpc) is 3.13. The second kappa shape index (κ2) is 6.88. The van der Waals surface area contributed by atoms with Crippen molar-refractivity contribution in [1.82, 2.24) is 14.5 Å². The lowest BCUT2D eigenvalue weighted by molar-refractivity contribution is -0.0430. The number of aliphatic hydroxyl groups excluding tert-OH is 2. The molecule has 0 spiro atoms. The molecular formula is C17H22N4O4. The van der Waals surface area contributed by atoms with Crippen LogP contribution in [0.15, 0.2) is 11.0 Å². The Morgan fingerprint density at radius 1 is 1.60 bits per heavy atom. The van der Waals surface area contributed by atoms with Crippen molar-refractivity contribution in [2.45, 2.75) is 38.7 Å². The van der Waals surface area contributed by atoms with Crippen molar-refractivity contribution in [3.63, 3.8) is 0 Å². The molecule has 1 aliphatic heterocycles. The summed E-state index contributed by atoms with van der Waals surface area (Å²) >= 11 is 0. The standard InChI is InChI=1S/C17H22N4O4/c1-4-10-7-21(13-5-11(23)12(8-22)25-13)15-14(10)16(24)20-17(19-15)18-6-9(2)3/h1,7,9,11-13,22-23H,5-6,8H2,2-3H3,(H2,18,19,20,24)/t11-,12+,13+/m0/s1. The molecule has 0 amide bonds. The zero-order valence-electron chi connectivity index (χ0n) is 14.2. The number of fused-ring (bicyclic) bond motifs is 1. The van der Waals surface area contributed by atoms with Crippen molar-refractivity contribution in [1.29, 1.82) is 0 Å². The van der Waals surface area contributed by atoms with Gasteiger partial charge in [-0.3, -0.25) is 9.78 Å². The lowest BCUT2D eigenvalue weighted by Crippen LogP contribution is -2.24. The first-order chi connectivity index (χ1) is 11.9. The average molecular weight is 346 g/mol. The van der Waals surface area contributed by atoms with Gasteiger partial charge in [0.15, 0.2) is 5.65 Å². The third-order valence-corrected chi connectivity index (χ3v) is 4.21. The second-order valence-corrected chi connectivity index (χ2v) is 6.60. The summed E-state index contributed by atoms with van der Waals surface area (Å²) in [6.45, 7) is 4.47. The Bertz CT molecular complexity index is 864. The fraction of sp³-hybridized carbons (Fsp3) is 0.529. The first-order valence-corrected chi connectivity index (χ1v) is 8.24. The first-order valence-electron chi connectivity index (χ1n) is 8.24. The van der Waals surface area contributed by atoms with E-state index >= 15 is 0 Å². The third-order valence-electron chi connectivity index (χ3n) is 4.21. The number of hydrogen-bond acceptors (Lipinski definition) is 6. The van der Waals surface area contributed by atoms with Crippen LogP contribution in [0.5, 0.6) is 0 Å². The highest BCUT2D eigenvalue weighted by Gasteiger charge is 2.35. The molecule has 3 heterocycles. The molecule has 2 aromatic rings. The maximum Gasteiger partial charge on any atom is 0.263 e. The van der Waals surface area contributed by atoms with Crippen LogP contribution >= 0.6 is 0 Å². The largest absolute Gasteiger partial charge is 0.394 e. The molecule has 3 atom stereocenters. The van der Waals surface area contributed by atoms with E-state index in [1.165, 1.54) is 0 Å². The molecule has 1 aliphatic rings. The number of nitrogens with one attached hydrogen (secondary N) is 2. The van der Waals surface area contributed by atoms with E-state index in [-0.39, 0.29) is 18.6 Å². The number of aliphatic hydroxyl groups is 2. The molecule has 0 aliphatic carbocycles. The summed E-state index contributed by atoms with van der Waals surface area (Å²) in [5.74, 6) is 3.23. The van der Waals surface area contributed by atoms with Gasteiger partial charge in [0.05, 0.1) is 23.7 Å². The number of nitrogens with zero attached hydrogens (tertiary/aromatic N) is 2. The Balaban J connectivity index is 2.06. The smallest absolute Gasteiger partial charge is 0.263 e. The molecule has 1 saturated heterocycles. The van der Waals surface area contributed by atoms with Gasteiger partial charge in [0, 0.05) is 19.2 Å². The fourth-order valence-electron chi connectivity index (χ4n) is 2.92. The van der Waals surface area contributed by atoms with Gasteiger partial charge in [-0.2, -0.15) is 4.98 Å². The van der Waals surface area contributed by atoms with Crippen molar-refractivity contribution >= 4 is 17.0 Å². The molecule has 2 aromatic heterocycles. The van der Waals surface area contributed by atoms with Crippen LogP contribution in [0.2, 0.25) is 0 Å². The summed E-state index contributed by atoms with van der Waals surface area (Å²) in [4.78, 5) is 19.6. The van der Waals surface area contributed by atoms with E-state index in [1.54, 1.807) is 10.8 Å². The van der Waals surface area contributed by atoms with Crippen molar-refractivity contribution in [3.05, 3.63) is 22.1 Å². The normalized spacial score (nSPS) is 23.3. The second-order valence-electron chi connectivity index (χ2n) is 6.60. The Kier molecular flexibility index (Phi) is 4.81. The quantitative estimate of drug-likeness (QED) is 0.584. The predicted octanol–water partition coefficient (Wildman–Crippen LogP) is 0.414. The van der Waals surface area contributed by atoms with E-state index in [9.17, 15) is 15.0 Å². The minimum absolute atomic E-state index is 0.280. The van der Waals surface area contributed by atoms with Gasteiger partial charge < -0.3 is 24.8 Å². The Morgan fingerprint density at radius 3 is 2.96 bits per heavy atom. The van der Waals surface area contributed by atoms with Crippen LogP contribution in [0.3, 0.4) is 0 Å². The number of aromatic amines is 1. The van der Waals surface area contributed by atoms with Crippen LogP contribution in [0.4, 0.5) is 5.95 Å². The van der Waals surface area contributed by atoms with E-state index in [0.29, 0.717) is 35.0 Å². The topological polar surface area (TPSA) is 112 Å². The monoisotopic (exact) mass is 346 g/mol. The molecule has 8 nitrogen and oxygen atoms in total. The van der Waals surface area contributed by atoms with Gasteiger partial charge in [0.25, 0.3) is 5.56 Å². The number of hydrogen-bond donors (Lipinski definition) is 4. The number of terminal acetylenes is 1. The molecule has 0 unspecified atom stereocenters. The van der Waals surface area contributed by atoms with Gasteiger partial charge in [0.1, 0.15) is 12.3 Å². The van der Waals surface area contributed by atoms with E-state index in [1.807, 2.05) is 13.8 Å². The third kappa shape index (κ3) is 3.26. The van der Waals surface area contributed by atoms with Crippen LogP contribution in [-0.4, -0.2) is 50.1 Å². The maximum atomic E-state index is 12.5. The van der Waals surface area contributed by atoms with Crippen LogP contribution in [-0.2, 0) is 4.74 Å². The van der Waals surface area contributed by atoms with Gasteiger partial charge in [-0.1, -0.05) is 19.8 Å². The summed E-state index contributed by atoms with van der Waals surface area (Å²) in [6, 6.07) is 0. The first kappa shape index (κ1) is 17.5. The van der Waals surface area contributed by atoms with Gasteiger partial charge >= 0.3 is 0 Å². The number of H-pyrrole nitrogens is 1. The predicted molar refractivity (Wildman–Crippen MR) is 93.2 cm³/mol. The molecule has 0 aromatic carbocycles. The number of ether oxygens (including phenoxy) is 1. The Labute approximate surface area is 144 Å². The Hall–Kier alpha value is -2.34. The zero-order chi connectivity index (χ0) is 18.1. The molecule has 134 valence electrons. The van der Waals surface area contributed by atoms with E-state index in [0.717, 1.165) is 0 Å². The molecule has 0 saturated carbocycles. The molecule has 8 heteroatoms. The van der Waals surface area contributed by atoms with E-state index < -0.39 is 18.4 Å². The summed E-state index contributed by atoms with van der Waals surface area (Å²) in [5.41, 5.74) is 0.462. The molecular weight excluding hydrogens is 324 g/mol. The minimum atomic E-state index is -0.790. The minimum Gasteiger partial charge on any atom is -0.394 e. The molecule has 0 radical (unpaired) electrons. The van der Waals surface area contributed by atoms with Crippen LogP contribution < -0.4 is 10.9 Å². The highest BCUT2D eigenvalue weighted by molar-refractivity contribution is 5.83. The Morgan fingerprint density at radius 2 is 2.36 bits per heavy atom. The van der Waals surface area contributed by atoms with Crippen molar-refractivity contribution in [2.75, 3.05) is 18.5 Å². The molecule has 1 fully saturated rings. The molecule has 4 N–H and O–H groups in total. The lowest BCUT2D eigenvalue weighted by Gasteiger charge is -2.15. The van der Waals surface area contributed by atoms with Crippen LogP contribution in [0.25, 0.3) is 11.0 Å². The van der Waals surface area contributed by atoms with Crippen molar-refractivity contribution in [3.8, 4) is 12.3 Å². The van der Waals surface area contributed by atoms with Gasteiger partial charge in [0.2, 0.25) is 5.95 Å². The van der Waals surface area contributed by atoms with Gasteiger partial charge in [-0.05, 0) is 5.92 Å². The molecule has 25 heavy (non-hydrogen) atoms. The van der Waals surface area contributed by atoms with Gasteiger partial charge in [-0.15, -0.1) is 6.42 Å². The van der Waals surface area contributed by atoms with E-state index in [4.69, 9.17) is 11.2 Å². The SMILES string of the molecule is C#Cc1cn([C@H]2C[C@H](O)[C@@H](CO)O2)c2nc(NCC(C)C)[nH]c(=O)c12. The molecule has 3 rings (SSSR count). The summed E-state index contributed by atoms with van der Waals surface area (Å²) in [7, 11) is 0. The van der Waals surface area contributed by atoms with Crippen LogP contribution in [0, 0.1) is 18.3 Å². The van der Waals surface area contributed by atoms with Crippen molar-refractivity contribution in [2.24, 2.45) is 5.92 Å². The highest BCUT2D eigenvalue weighted by atomic mass is 16.5. The lowest BCUT2D eigenvalue weighted by atomic mass is 10.2. The fourth-order valence-corrected chi connectivity index (χ4v) is 2.92. The molecule has 0 bridgehead atoms. The van der Waals surface area contributed by atoms with E-state index in [2.05, 4.69) is 21.2 Å². The van der Waals surface area contributed by atoms with Crippen molar-refractivity contribution < 1.29 is 14.9 Å². The summed E-state index contributed by atoms with van der Waals surface area (Å²) in [6.07, 6.45) is 5.42. The number of rotatable bonds is 5. The van der Waals surface area contributed by atoms with Gasteiger partial charge in [-0.25, -0.2) is 0 Å². The zero-order valence-corrected chi connectivity index (χ0v) is 14.2. The number of aromatic nitrogens is 3. The highest BCUT2D eigenvalue weighted by Crippen LogP contribution is 2.32. The summed E-state index contributed by atoms with van der Waals surface area (Å²) < 4.78 is 7.33. The maximum absolute atomic E-state index is 12.5. The van der Waals surface area contributed by atoms with Crippen LogP contribution in [0.1, 0.15) is 32.1 Å². The summed E-state index contributed by atoms with van der Waals surface area (Å²) in [5, 5.41) is 22.6.